The summed E-state index contributed by atoms with van der Waals surface area (Å²) in [5.74, 6) is -2.54. The van der Waals surface area contributed by atoms with Crippen LogP contribution in [0, 0.1) is 17.8 Å². The lowest BCUT2D eigenvalue weighted by molar-refractivity contribution is -0.160. The topological polar surface area (TPSA) is 106 Å². The number of amides is 2. The molecule has 3 aliphatic rings. The standard InChI is InChI=1S/C29H38N2O7/c1-7-15-30(19-9-11-20(36-6)12-10-19)26(34)24-29-14-13-28(5,38-29)23(27(35)37-16-8-2)22(29)25(33)31(24)21(17-32)18(3)4/h7-12,18,21-24,32H,1-2,13-17H2,3-6H3/t21-,22-,23+,24?,28-,29?/m0/s1. The van der Waals surface area contributed by atoms with E-state index in [1.165, 1.54) is 11.0 Å². The van der Waals surface area contributed by atoms with Crippen molar-refractivity contribution in [2.75, 3.05) is 31.8 Å². The summed E-state index contributed by atoms with van der Waals surface area (Å²) < 4.78 is 17.3. The molecule has 0 aromatic heterocycles. The van der Waals surface area contributed by atoms with Crippen LogP contribution in [0.25, 0.3) is 0 Å². The summed E-state index contributed by atoms with van der Waals surface area (Å²) in [6, 6.07) is 5.37. The van der Waals surface area contributed by atoms with Crippen molar-refractivity contribution in [3.63, 3.8) is 0 Å². The van der Waals surface area contributed by atoms with Gasteiger partial charge in [0.2, 0.25) is 5.91 Å². The van der Waals surface area contributed by atoms with E-state index in [-0.39, 0.29) is 37.5 Å². The van der Waals surface area contributed by atoms with E-state index in [1.54, 1.807) is 42.4 Å². The van der Waals surface area contributed by atoms with Crippen LogP contribution in [0.5, 0.6) is 5.75 Å². The number of nitrogens with zero attached hydrogens (tertiary/aromatic N) is 2. The molecule has 1 spiro atoms. The zero-order chi connectivity index (χ0) is 27.8. The molecule has 3 aliphatic heterocycles. The molecule has 3 fully saturated rings. The molecule has 3 heterocycles. The minimum absolute atomic E-state index is 0.0151. The summed E-state index contributed by atoms with van der Waals surface area (Å²) in [6.45, 7) is 12.9. The van der Waals surface area contributed by atoms with E-state index >= 15 is 0 Å². The van der Waals surface area contributed by atoms with Gasteiger partial charge >= 0.3 is 5.97 Å². The van der Waals surface area contributed by atoms with Crippen LogP contribution >= 0.6 is 0 Å². The maximum atomic E-state index is 14.5. The molecule has 38 heavy (non-hydrogen) atoms. The van der Waals surface area contributed by atoms with Crippen molar-refractivity contribution >= 4 is 23.5 Å². The fourth-order valence-corrected chi connectivity index (χ4v) is 6.57. The number of hydrogen-bond acceptors (Lipinski definition) is 7. The van der Waals surface area contributed by atoms with E-state index in [1.807, 2.05) is 20.8 Å². The molecule has 3 saturated heterocycles. The number of methoxy groups -OCH3 is 1. The second kappa shape index (κ2) is 10.5. The maximum Gasteiger partial charge on any atom is 0.313 e. The van der Waals surface area contributed by atoms with E-state index in [0.717, 1.165) is 0 Å². The fraction of sp³-hybridized carbons (Fsp3) is 0.552. The Kier molecular flexibility index (Phi) is 7.72. The summed E-state index contributed by atoms with van der Waals surface area (Å²) in [4.78, 5) is 45.1. The van der Waals surface area contributed by atoms with Crippen molar-refractivity contribution in [1.29, 1.82) is 0 Å². The molecule has 1 aromatic rings. The number of benzene rings is 1. The van der Waals surface area contributed by atoms with Crippen molar-refractivity contribution < 1.29 is 33.7 Å². The van der Waals surface area contributed by atoms with Crippen LogP contribution in [0.4, 0.5) is 5.69 Å². The molecular weight excluding hydrogens is 488 g/mol. The zero-order valence-electron chi connectivity index (χ0n) is 22.6. The van der Waals surface area contributed by atoms with Gasteiger partial charge in [-0.1, -0.05) is 32.6 Å². The van der Waals surface area contributed by atoms with E-state index in [9.17, 15) is 19.5 Å². The van der Waals surface area contributed by atoms with E-state index in [0.29, 0.717) is 24.3 Å². The number of anilines is 1. The highest BCUT2D eigenvalue weighted by Crippen LogP contribution is 2.64. The van der Waals surface area contributed by atoms with Crippen LogP contribution in [-0.4, -0.2) is 77.9 Å². The van der Waals surface area contributed by atoms with Gasteiger partial charge in [0.25, 0.3) is 5.91 Å². The highest BCUT2D eigenvalue weighted by atomic mass is 16.6. The lowest BCUT2D eigenvalue weighted by atomic mass is 9.66. The largest absolute Gasteiger partial charge is 0.497 e. The number of esters is 1. The average molecular weight is 527 g/mol. The van der Waals surface area contributed by atoms with Gasteiger partial charge in [-0.25, -0.2) is 0 Å². The lowest BCUT2D eigenvalue weighted by Gasteiger charge is -2.40. The van der Waals surface area contributed by atoms with Crippen molar-refractivity contribution in [3.05, 3.63) is 49.6 Å². The monoisotopic (exact) mass is 526 g/mol. The highest BCUT2D eigenvalue weighted by Gasteiger charge is 2.79. The van der Waals surface area contributed by atoms with Gasteiger partial charge in [0, 0.05) is 12.2 Å². The molecule has 1 aromatic carbocycles. The van der Waals surface area contributed by atoms with Crippen molar-refractivity contribution in [1.82, 2.24) is 4.90 Å². The second-order valence-electron chi connectivity index (χ2n) is 10.8. The molecule has 1 N–H and O–H groups in total. The first-order valence-corrected chi connectivity index (χ1v) is 13.1. The number of hydrogen-bond donors (Lipinski definition) is 1. The van der Waals surface area contributed by atoms with E-state index in [2.05, 4.69) is 13.2 Å². The molecule has 2 unspecified atom stereocenters. The first-order valence-electron chi connectivity index (χ1n) is 13.1. The molecule has 9 heteroatoms. The summed E-state index contributed by atoms with van der Waals surface area (Å²) in [7, 11) is 1.56. The van der Waals surface area contributed by atoms with Gasteiger partial charge in [-0.15, -0.1) is 6.58 Å². The first-order chi connectivity index (χ1) is 18.1. The first kappa shape index (κ1) is 27.9. The molecule has 2 bridgehead atoms. The van der Waals surface area contributed by atoms with Crippen LogP contribution in [0.2, 0.25) is 0 Å². The Bertz CT molecular complexity index is 1100. The quantitative estimate of drug-likeness (QED) is 0.349. The summed E-state index contributed by atoms with van der Waals surface area (Å²) in [6.07, 6.45) is 4.02. The normalized spacial score (nSPS) is 30.2. The van der Waals surface area contributed by atoms with Crippen LogP contribution < -0.4 is 9.64 Å². The number of ether oxygens (including phenoxy) is 3. The fourth-order valence-electron chi connectivity index (χ4n) is 6.57. The number of aliphatic hydroxyl groups excluding tert-OH is 1. The molecule has 4 rings (SSSR count). The van der Waals surface area contributed by atoms with Crippen molar-refractivity contribution in [3.8, 4) is 5.75 Å². The molecule has 2 amide bonds. The Hall–Kier alpha value is -3.17. The van der Waals surface area contributed by atoms with Gasteiger partial charge in [0.15, 0.2) is 0 Å². The second-order valence-corrected chi connectivity index (χ2v) is 10.8. The molecular formula is C29H38N2O7. The number of fused-ring (bicyclic) bond motifs is 1. The van der Waals surface area contributed by atoms with Crippen LogP contribution in [0.15, 0.2) is 49.6 Å². The number of carbonyl (C=O) groups is 3. The van der Waals surface area contributed by atoms with E-state index in [4.69, 9.17) is 14.2 Å². The predicted molar refractivity (Wildman–Crippen MR) is 141 cm³/mol. The van der Waals surface area contributed by atoms with Gasteiger partial charge in [0.1, 0.15) is 29.9 Å². The number of aliphatic hydroxyl groups is 1. The smallest absolute Gasteiger partial charge is 0.313 e. The van der Waals surface area contributed by atoms with Crippen molar-refractivity contribution in [2.24, 2.45) is 17.8 Å². The number of likely N-dealkylation sites (tertiary alicyclic amines) is 1. The minimum Gasteiger partial charge on any atom is -0.497 e. The SMILES string of the molecule is C=CCOC(=O)[C@H]1[C@H]2C(=O)N([C@@H](CO)C(C)C)C(C(=O)N(CC=C)c3ccc(OC)cc3)C23CC[C@]1(C)O3. The zero-order valence-corrected chi connectivity index (χ0v) is 22.6. The van der Waals surface area contributed by atoms with Gasteiger partial charge in [-0.2, -0.15) is 0 Å². The van der Waals surface area contributed by atoms with Gasteiger partial charge in [0.05, 0.1) is 31.3 Å². The molecule has 6 atom stereocenters. The van der Waals surface area contributed by atoms with Gasteiger partial charge in [-0.05, 0) is 49.9 Å². The highest BCUT2D eigenvalue weighted by molar-refractivity contribution is 6.05. The lowest BCUT2D eigenvalue weighted by Crippen LogP contribution is -2.60. The third-order valence-corrected chi connectivity index (χ3v) is 8.32. The van der Waals surface area contributed by atoms with Crippen LogP contribution in [-0.2, 0) is 23.9 Å². The molecule has 9 nitrogen and oxygen atoms in total. The van der Waals surface area contributed by atoms with Crippen LogP contribution in [0.1, 0.15) is 33.6 Å². The third-order valence-electron chi connectivity index (χ3n) is 8.32. The minimum atomic E-state index is -1.23. The number of carbonyl (C=O) groups excluding carboxylic acids is 3. The predicted octanol–water partition coefficient (Wildman–Crippen LogP) is 2.72. The molecule has 206 valence electrons. The summed E-state index contributed by atoms with van der Waals surface area (Å²) in [5, 5.41) is 10.4. The molecule has 0 aliphatic carbocycles. The van der Waals surface area contributed by atoms with Crippen LogP contribution in [0.3, 0.4) is 0 Å². The maximum absolute atomic E-state index is 14.5. The third kappa shape index (κ3) is 4.22. The summed E-state index contributed by atoms with van der Waals surface area (Å²) in [5.41, 5.74) is -1.57. The average Bonchev–Trinajstić information content (AvgIpc) is 3.47. The Morgan fingerprint density at radius 2 is 1.92 bits per heavy atom. The Morgan fingerprint density at radius 1 is 1.24 bits per heavy atom. The Labute approximate surface area is 224 Å². The molecule has 0 saturated carbocycles. The summed E-state index contributed by atoms with van der Waals surface area (Å²) >= 11 is 0. The van der Waals surface area contributed by atoms with Gasteiger partial charge < -0.3 is 29.1 Å². The van der Waals surface area contributed by atoms with Crippen molar-refractivity contribution in [2.45, 2.75) is 56.9 Å². The molecule has 0 radical (unpaired) electrons. The Balaban J connectivity index is 1.83. The van der Waals surface area contributed by atoms with E-state index < -0.39 is 41.1 Å². The van der Waals surface area contributed by atoms with Gasteiger partial charge in [-0.3, -0.25) is 14.4 Å². The number of rotatable bonds is 11. The Morgan fingerprint density at radius 3 is 2.47 bits per heavy atom.